The molecule has 0 saturated carbocycles. The third-order valence-corrected chi connectivity index (χ3v) is 4.51. The molecule has 8 heteroatoms. The first-order chi connectivity index (χ1) is 12.4. The van der Waals surface area contributed by atoms with Crippen molar-refractivity contribution < 1.29 is 24.0 Å². The lowest BCUT2D eigenvalue weighted by atomic mass is 10.2. The summed E-state index contributed by atoms with van der Waals surface area (Å²) >= 11 is 1.28. The summed E-state index contributed by atoms with van der Waals surface area (Å²) < 4.78 is 10.9. The van der Waals surface area contributed by atoms with Crippen molar-refractivity contribution in [1.29, 1.82) is 0 Å². The zero-order valence-corrected chi connectivity index (χ0v) is 15.9. The van der Waals surface area contributed by atoms with E-state index in [1.54, 1.807) is 18.6 Å². The lowest BCUT2D eigenvalue weighted by molar-refractivity contribution is -0.885. The van der Waals surface area contributed by atoms with Gasteiger partial charge in [-0.15, -0.1) is 11.3 Å². The molecule has 1 atom stereocenters. The van der Waals surface area contributed by atoms with Gasteiger partial charge < -0.3 is 25.4 Å². The quantitative estimate of drug-likeness (QED) is 0.604. The average molecular weight is 378 g/mol. The highest BCUT2D eigenvalue weighted by Crippen LogP contribution is 2.27. The largest absolute Gasteiger partial charge is 0.493 e. The molecule has 0 fully saturated rings. The van der Waals surface area contributed by atoms with Crippen molar-refractivity contribution >= 4 is 28.2 Å². The second-order valence-electron chi connectivity index (χ2n) is 5.80. The van der Waals surface area contributed by atoms with Crippen molar-refractivity contribution in [1.82, 2.24) is 0 Å². The zero-order valence-electron chi connectivity index (χ0n) is 15.1. The van der Waals surface area contributed by atoms with E-state index < -0.39 is 5.91 Å². The zero-order chi connectivity index (χ0) is 19.1. The van der Waals surface area contributed by atoms with Crippen molar-refractivity contribution in [2.75, 3.05) is 32.6 Å². The predicted octanol–water partition coefficient (Wildman–Crippen LogP) is 0.908. The Balaban J connectivity index is 1.95. The minimum atomic E-state index is -0.552. The molecule has 1 aromatic heterocycles. The Bertz CT molecular complexity index is 776. The van der Waals surface area contributed by atoms with Crippen molar-refractivity contribution in [2.24, 2.45) is 5.73 Å². The number of nitrogens with two attached hydrogens (primary N) is 1. The van der Waals surface area contributed by atoms with Gasteiger partial charge >= 0.3 is 0 Å². The Kier molecular flexibility index (Phi) is 6.99. The van der Waals surface area contributed by atoms with E-state index in [-0.39, 0.29) is 12.5 Å². The number of thiophene rings is 1. The molecule has 2 aromatic rings. The molecule has 2 rings (SSSR count). The fourth-order valence-electron chi connectivity index (χ4n) is 2.55. The molecule has 1 unspecified atom stereocenters. The van der Waals surface area contributed by atoms with Crippen LogP contribution in [0.15, 0.2) is 29.6 Å². The minimum absolute atomic E-state index is 0.176. The summed E-state index contributed by atoms with van der Waals surface area (Å²) in [6, 6.07) is 7.34. The fourth-order valence-corrected chi connectivity index (χ4v) is 3.36. The summed E-state index contributed by atoms with van der Waals surface area (Å²) in [5, 5.41) is 4.96. The number of benzene rings is 1. The van der Waals surface area contributed by atoms with Crippen LogP contribution in [0.2, 0.25) is 0 Å². The third-order valence-electron chi connectivity index (χ3n) is 3.68. The summed E-state index contributed by atoms with van der Waals surface area (Å²) in [7, 11) is 3.52. The highest BCUT2D eigenvalue weighted by Gasteiger charge is 2.16. The predicted molar refractivity (Wildman–Crippen MR) is 101 cm³/mol. The van der Waals surface area contributed by atoms with Gasteiger partial charge in [-0.1, -0.05) is 0 Å². The molecular formula is C18H24N3O4S+. The number of rotatable bonds is 9. The Morgan fingerprint density at radius 3 is 2.69 bits per heavy atom. The van der Waals surface area contributed by atoms with Crippen LogP contribution in [-0.4, -0.2) is 39.1 Å². The smallest absolute Gasteiger partial charge is 0.280 e. The van der Waals surface area contributed by atoms with E-state index in [9.17, 15) is 9.59 Å². The van der Waals surface area contributed by atoms with Crippen LogP contribution in [-0.2, 0) is 11.3 Å². The number of anilines is 1. The standard InChI is InChI=1S/C18H23N3O4S/c1-4-25-14-6-5-12(9-15(14)24-3)10-21(2)11-16(22)20-18-13(17(19)23)7-8-26-18/h5-9H,4,10-11H2,1-3H3,(H2,19,23)(H,20,22)/p+1. The average Bonchev–Trinajstić information content (AvgIpc) is 3.04. The van der Waals surface area contributed by atoms with E-state index in [2.05, 4.69) is 5.32 Å². The minimum Gasteiger partial charge on any atom is -0.493 e. The molecule has 2 amide bonds. The molecule has 7 nitrogen and oxygen atoms in total. The van der Waals surface area contributed by atoms with Gasteiger partial charge in [-0.25, -0.2) is 0 Å². The van der Waals surface area contributed by atoms with Gasteiger partial charge in [0.05, 0.1) is 26.3 Å². The van der Waals surface area contributed by atoms with Gasteiger partial charge in [-0.2, -0.15) is 0 Å². The summed E-state index contributed by atoms with van der Waals surface area (Å²) in [5.41, 5.74) is 6.65. The number of likely N-dealkylation sites (N-methyl/N-ethyl adjacent to an activating group) is 1. The van der Waals surface area contributed by atoms with Gasteiger partial charge in [0.1, 0.15) is 11.5 Å². The Labute approximate surface area is 156 Å². The molecule has 26 heavy (non-hydrogen) atoms. The van der Waals surface area contributed by atoms with Crippen LogP contribution in [0.25, 0.3) is 0 Å². The van der Waals surface area contributed by atoms with E-state index in [1.807, 2.05) is 32.2 Å². The van der Waals surface area contributed by atoms with Crippen LogP contribution < -0.4 is 25.4 Å². The van der Waals surface area contributed by atoms with E-state index in [0.717, 1.165) is 10.5 Å². The molecule has 0 aliphatic rings. The lowest BCUT2D eigenvalue weighted by Gasteiger charge is -2.15. The molecule has 4 N–H and O–H groups in total. The van der Waals surface area contributed by atoms with Crippen molar-refractivity contribution in [3.8, 4) is 11.5 Å². The van der Waals surface area contributed by atoms with Gasteiger partial charge in [0.15, 0.2) is 18.0 Å². The first-order valence-corrected chi connectivity index (χ1v) is 9.10. The maximum absolute atomic E-state index is 12.2. The van der Waals surface area contributed by atoms with Gasteiger partial charge in [0.25, 0.3) is 11.8 Å². The highest BCUT2D eigenvalue weighted by molar-refractivity contribution is 7.14. The Morgan fingerprint density at radius 2 is 2.04 bits per heavy atom. The van der Waals surface area contributed by atoms with Crippen molar-refractivity contribution in [3.63, 3.8) is 0 Å². The van der Waals surface area contributed by atoms with Crippen LogP contribution >= 0.6 is 11.3 Å². The van der Waals surface area contributed by atoms with E-state index >= 15 is 0 Å². The number of nitrogens with one attached hydrogen (secondary N) is 2. The molecule has 1 aromatic carbocycles. The maximum atomic E-state index is 12.2. The second kappa shape index (κ2) is 9.21. The SMILES string of the molecule is CCOc1ccc(C[NH+](C)CC(=O)Nc2sccc2C(N)=O)cc1OC. The van der Waals surface area contributed by atoms with Crippen LogP contribution in [0.5, 0.6) is 11.5 Å². The molecular weight excluding hydrogens is 354 g/mol. The summed E-state index contributed by atoms with van der Waals surface area (Å²) in [4.78, 5) is 24.5. The van der Waals surface area contributed by atoms with Gasteiger partial charge in [-0.05, 0) is 36.6 Å². The number of methoxy groups -OCH3 is 1. The molecule has 0 bridgehead atoms. The molecule has 0 saturated heterocycles. The number of amides is 2. The molecule has 0 aliphatic heterocycles. The number of carbonyl (C=O) groups excluding carboxylic acids is 2. The number of hydrogen-bond acceptors (Lipinski definition) is 5. The molecule has 0 spiro atoms. The monoisotopic (exact) mass is 378 g/mol. The topological polar surface area (TPSA) is 95.1 Å². The fraction of sp³-hybridized carbons (Fsp3) is 0.333. The van der Waals surface area contributed by atoms with Gasteiger partial charge in [0, 0.05) is 5.56 Å². The highest BCUT2D eigenvalue weighted by atomic mass is 32.1. The van der Waals surface area contributed by atoms with E-state index in [4.69, 9.17) is 15.2 Å². The normalized spacial score (nSPS) is 11.7. The van der Waals surface area contributed by atoms with Crippen LogP contribution in [0.3, 0.4) is 0 Å². The lowest BCUT2D eigenvalue weighted by Crippen LogP contribution is -3.08. The van der Waals surface area contributed by atoms with E-state index in [0.29, 0.717) is 35.2 Å². The maximum Gasteiger partial charge on any atom is 0.280 e. The number of carbonyl (C=O) groups is 2. The molecule has 1 heterocycles. The van der Waals surface area contributed by atoms with Crippen LogP contribution in [0, 0.1) is 0 Å². The molecule has 0 radical (unpaired) electrons. The number of primary amides is 1. The summed E-state index contributed by atoms with van der Waals surface area (Å²) in [6.45, 7) is 3.38. The number of hydrogen-bond donors (Lipinski definition) is 3. The first-order valence-electron chi connectivity index (χ1n) is 8.22. The van der Waals surface area contributed by atoms with Crippen molar-refractivity contribution in [3.05, 3.63) is 40.8 Å². The van der Waals surface area contributed by atoms with Gasteiger partial charge in [0.2, 0.25) is 0 Å². The Hall–Kier alpha value is -2.58. The Morgan fingerprint density at radius 1 is 1.27 bits per heavy atom. The van der Waals surface area contributed by atoms with Crippen LogP contribution in [0.1, 0.15) is 22.8 Å². The third kappa shape index (κ3) is 5.21. The number of ether oxygens (including phenoxy) is 2. The second-order valence-corrected chi connectivity index (χ2v) is 6.72. The van der Waals surface area contributed by atoms with Gasteiger partial charge in [-0.3, -0.25) is 9.59 Å². The van der Waals surface area contributed by atoms with Crippen LogP contribution in [0.4, 0.5) is 5.00 Å². The molecule has 140 valence electrons. The van der Waals surface area contributed by atoms with Crippen molar-refractivity contribution in [2.45, 2.75) is 13.5 Å². The first kappa shape index (κ1) is 19.7. The summed E-state index contributed by atoms with van der Waals surface area (Å²) in [6.07, 6.45) is 0. The summed E-state index contributed by atoms with van der Waals surface area (Å²) in [5.74, 6) is 0.645. The number of quaternary nitrogens is 1. The molecule has 0 aliphatic carbocycles. The van der Waals surface area contributed by atoms with E-state index in [1.165, 1.54) is 11.3 Å².